The zero-order chi connectivity index (χ0) is 18.7. The minimum Gasteiger partial charge on any atom is -0.463 e. The van der Waals surface area contributed by atoms with Crippen molar-refractivity contribution in [2.24, 2.45) is 0 Å². The van der Waals surface area contributed by atoms with Crippen molar-refractivity contribution in [1.82, 2.24) is 5.32 Å². The first-order chi connectivity index (χ1) is 10.8. The predicted octanol–water partition coefficient (Wildman–Crippen LogP) is 0.916. The molecule has 138 valence electrons. The fraction of sp³-hybridized carbons (Fsp3) is 0.812. The van der Waals surface area contributed by atoms with E-state index < -0.39 is 47.5 Å². The Morgan fingerprint density at radius 2 is 1.71 bits per heavy atom. The summed E-state index contributed by atoms with van der Waals surface area (Å²) < 4.78 is 21.6. The Balaban J connectivity index is 3.01. The lowest BCUT2D eigenvalue weighted by Crippen LogP contribution is -2.54. The van der Waals surface area contributed by atoms with E-state index in [0.29, 0.717) is 0 Å². The first-order valence-electron chi connectivity index (χ1n) is 7.79. The van der Waals surface area contributed by atoms with Gasteiger partial charge >= 0.3 is 11.9 Å². The first kappa shape index (κ1) is 20.4. The van der Waals surface area contributed by atoms with Crippen molar-refractivity contribution in [3.63, 3.8) is 0 Å². The van der Waals surface area contributed by atoms with E-state index in [0.717, 1.165) is 0 Å². The van der Waals surface area contributed by atoms with Gasteiger partial charge in [0.2, 0.25) is 6.10 Å². The van der Waals surface area contributed by atoms with E-state index in [1.165, 1.54) is 13.8 Å². The lowest BCUT2D eigenvalue weighted by molar-refractivity contribution is -0.175. The highest BCUT2D eigenvalue weighted by Crippen LogP contribution is 2.31. The zero-order valence-corrected chi connectivity index (χ0v) is 15.3. The Morgan fingerprint density at radius 3 is 2.17 bits per heavy atom. The van der Waals surface area contributed by atoms with Crippen molar-refractivity contribution in [3.8, 4) is 0 Å². The van der Waals surface area contributed by atoms with E-state index in [4.69, 9.17) is 18.9 Å². The van der Waals surface area contributed by atoms with Crippen LogP contribution >= 0.6 is 0 Å². The highest BCUT2D eigenvalue weighted by Gasteiger charge is 2.49. The van der Waals surface area contributed by atoms with Crippen molar-refractivity contribution in [1.29, 1.82) is 0 Å². The Labute approximate surface area is 142 Å². The maximum Gasteiger partial charge on any atom is 0.303 e. The third-order valence-corrected chi connectivity index (χ3v) is 3.02. The molecular weight excluding hydrogens is 318 g/mol. The molecule has 8 heteroatoms. The lowest BCUT2D eigenvalue weighted by Gasteiger charge is -2.29. The second kappa shape index (κ2) is 7.48. The van der Waals surface area contributed by atoms with Gasteiger partial charge in [0.1, 0.15) is 18.8 Å². The van der Waals surface area contributed by atoms with Crippen molar-refractivity contribution in [2.45, 2.75) is 78.1 Å². The van der Waals surface area contributed by atoms with Gasteiger partial charge in [-0.15, -0.1) is 0 Å². The average Bonchev–Trinajstić information content (AvgIpc) is 2.66. The highest BCUT2D eigenvalue weighted by atomic mass is 16.8. The summed E-state index contributed by atoms with van der Waals surface area (Å²) in [5, 5.41) is 2.75. The third kappa shape index (κ3) is 6.45. The van der Waals surface area contributed by atoms with Gasteiger partial charge in [0.05, 0.1) is 0 Å². The molecule has 8 nitrogen and oxygen atoms in total. The van der Waals surface area contributed by atoms with Crippen LogP contribution in [0.15, 0.2) is 0 Å². The summed E-state index contributed by atoms with van der Waals surface area (Å²) in [4.78, 5) is 35.0. The van der Waals surface area contributed by atoms with Crippen LogP contribution in [0.25, 0.3) is 0 Å². The summed E-state index contributed by atoms with van der Waals surface area (Å²) in [5.41, 5.74) is -0.518. The number of carbonyl (C=O) groups excluding carboxylic acids is 3. The van der Waals surface area contributed by atoms with E-state index in [2.05, 4.69) is 5.32 Å². The van der Waals surface area contributed by atoms with E-state index >= 15 is 0 Å². The van der Waals surface area contributed by atoms with E-state index in [1.54, 1.807) is 13.8 Å². The lowest BCUT2D eigenvalue weighted by atomic mass is 10.0. The second-order valence-electron chi connectivity index (χ2n) is 7.21. The van der Waals surface area contributed by atoms with Crippen molar-refractivity contribution in [2.75, 3.05) is 6.61 Å². The molecule has 0 saturated carbocycles. The number of amides is 1. The SMILES string of the molecule is CC(=O)OC[C@H]1OC(C)(C)O[C@H]1[C@H](OC(C)=O)C(=O)NC(C)(C)C. The molecule has 1 amide bonds. The molecule has 0 spiro atoms. The number of hydrogen-bond donors (Lipinski definition) is 1. The molecule has 1 saturated heterocycles. The molecule has 1 rings (SSSR count). The van der Waals surface area contributed by atoms with Crippen molar-refractivity contribution in [3.05, 3.63) is 0 Å². The second-order valence-corrected chi connectivity index (χ2v) is 7.21. The smallest absolute Gasteiger partial charge is 0.303 e. The normalized spacial score (nSPS) is 24.1. The van der Waals surface area contributed by atoms with Crippen LogP contribution < -0.4 is 5.32 Å². The van der Waals surface area contributed by atoms with Crippen LogP contribution in [0, 0.1) is 0 Å². The maximum atomic E-state index is 12.5. The Hall–Kier alpha value is -1.67. The summed E-state index contributed by atoms with van der Waals surface area (Å²) in [6.07, 6.45) is -2.85. The van der Waals surface area contributed by atoms with Crippen LogP contribution in [0.5, 0.6) is 0 Å². The third-order valence-electron chi connectivity index (χ3n) is 3.02. The molecule has 0 aromatic heterocycles. The summed E-state index contributed by atoms with van der Waals surface area (Å²) in [6, 6.07) is 0. The molecule has 0 radical (unpaired) electrons. The largest absolute Gasteiger partial charge is 0.463 e. The van der Waals surface area contributed by atoms with Crippen molar-refractivity contribution < 1.29 is 33.3 Å². The van der Waals surface area contributed by atoms with Crippen LogP contribution in [0.2, 0.25) is 0 Å². The fourth-order valence-electron chi connectivity index (χ4n) is 2.34. The number of esters is 2. The molecular formula is C16H27NO7. The topological polar surface area (TPSA) is 100 Å². The molecule has 0 aromatic carbocycles. The van der Waals surface area contributed by atoms with E-state index in [9.17, 15) is 14.4 Å². The van der Waals surface area contributed by atoms with Gasteiger partial charge in [-0.05, 0) is 34.6 Å². The van der Waals surface area contributed by atoms with Gasteiger partial charge in [0.15, 0.2) is 5.79 Å². The first-order valence-corrected chi connectivity index (χ1v) is 7.79. The summed E-state index contributed by atoms with van der Waals surface area (Å²) >= 11 is 0. The number of nitrogens with one attached hydrogen (secondary N) is 1. The molecule has 0 bridgehead atoms. The minimum atomic E-state index is -1.22. The van der Waals surface area contributed by atoms with Crippen LogP contribution in [0.3, 0.4) is 0 Å². The van der Waals surface area contributed by atoms with Crippen molar-refractivity contribution >= 4 is 17.8 Å². The van der Waals surface area contributed by atoms with Crippen LogP contribution in [-0.4, -0.2) is 54.1 Å². The van der Waals surface area contributed by atoms with Gasteiger partial charge in [0, 0.05) is 19.4 Å². The molecule has 1 aliphatic rings. The quantitative estimate of drug-likeness (QED) is 0.739. The molecule has 0 unspecified atom stereocenters. The van der Waals surface area contributed by atoms with Gasteiger partial charge in [-0.25, -0.2) is 0 Å². The molecule has 1 N–H and O–H groups in total. The summed E-state index contributed by atoms with van der Waals surface area (Å²) in [5.74, 6) is -2.61. The molecule has 1 aliphatic heterocycles. The van der Waals surface area contributed by atoms with Crippen LogP contribution in [0.4, 0.5) is 0 Å². The van der Waals surface area contributed by atoms with E-state index in [-0.39, 0.29) is 6.61 Å². The summed E-state index contributed by atoms with van der Waals surface area (Å²) in [7, 11) is 0. The Kier molecular flexibility index (Phi) is 6.35. The molecule has 1 fully saturated rings. The minimum absolute atomic E-state index is 0.107. The maximum absolute atomic E-state index is 12.5. The van der Waals surface area contributed by atoms with Gasteiger partial charge in [-0.1, -0.05) is 0 Å². The molecule has 24 heavy (non-hydrogen) atoms. The average molecular weight is 345 g/mol. The molecule has 0 aromatic rings. The monoisotopic (exact) mass is 345 g/mol. The standard InChI is InChI=1S/C16H27NO7/c1-9(18)21-8-11-12(24-16(6,7)23-11)13(22-10(2)19)14(20)17-15(3,4)5/h11-13H,8H2,1-7H3,(H,17,20)/t11-,12-,13+/m1/s1. The van der Waals surface area contributed by atoms with E-state index in [1.807, 2.05) is 20.8 Å². The number of carbonyl (C=O) groups is 3. The van der Waals surface area contributed by atoms with Gasteiger partial charge in [-0.3, -0.25) is 14.4 Å². The Bertz CT molecular complexity index is 495. The highest BCUT2D eigenvalue weighted by molar-refractivity contribution is 5.84. The number of rotatable bonds is 5. The predicted molar refractivity (Wildman–Crippen MR) is 83.9 cm³/mol. The van der Waals surface area contributed by atoms with Gasteiger partial charge in [-0.2, -0.15) is 0 Å². The summed E-state index contributed by atoms with van der Waals surface area (Å²) in [6.45, 7) is 11.1. The van der Waals surface area contributed by atoms with Crippen LogP contribution in [0.1, 0.15) is 48.5 Å². The molecule has 0 aliphatic carbocycles. The Morgan fingerprint density at radius 1 is 1.12 bits per heavy atom. The number of hydrogen-bond acceptors (Lipinski definition) is 7. The molecule has 1 heterocycles. The van der Waals surface area contributed by atoms with Gasteiger partial charge in [0.25, 0.3) is 5.91 Å². The van der Waals surface area contributed by atoms with Gasteiger partial charge < -0.3 is 24.3 Å². The number of ether oxygens (including phenoxy) is 4. The zero-order valence-electron chi connectivity index (χ0n) is 15.3. The van der Waals surface area contributed by atoms with Crippen LogP contribution in [-0.2, 0) is 33.3 Å². The fourth-order valence-corrected chi connectivity index (χ4v) is 2.34. The molecule has 3 atom stereocenters.